The molecule has 0 bridgehead atoms. The number of amides is 6. The number of rotatable bonds is 20. The molecular weight excluding hydrogens is 911 g/mol. The van der Waals surface area contributed by atoms with E-state index in [-0.39, 0.29) is 60.8 Å². The average Bonchev–Trinajstić information content (AvgIpc) is 3.90. The molecule has 5 aliphatic rings. The summed E-state index contributed by atoms with van der Waals surface area (Å²) in [6.45, 7) is 6.75. The van der Waals surface area contributed by atoms with Gasteiger partial charge in [-0.3, -0.25) is 48.7 Å². The van der Waals surface area contributed by atoms with Gasteiger partial charge in [0.15, 0.2) is 0 Å². The highest BCUT2D eigenvalue weighted by atomic mass is 16.5. The number of ether oxygens (including phenoxy) is 3. The fourth-order valence-corrected chi connectivity index (χ4v) is 10.4. The van der Waals surface area contributed by atoms with Crippen molar-refractivity contribution in [1.29, 1.82) is 0 Å². The lowest BCUT2D eigenvalue weighted by atomic mass is 9.87. The second-order valence-electron chi connectivity index (χ2n) is 18.7. The number of ketones is 1. The number of carbonyl (C=O) groups excluding carboxylic acids is 7. The van der Waals surface area contributed by atoms with Gasteiger partial charge in [0, 0.05) is 82.9 Å². The van der Waals surface area contributed by atoms with Crippen LogP contribution in [0.5, 0.6) is 11.5 Å². The fourth-order valence-electron chi connectivity index (χ4n) is 10.4. The summed E-state index contributed by atoms with van der Waals surface area (Å²) in [5, 5.41) is 10.6. The van der Waals surface area contributed by atoms with Gasteiger partial charge < -0.3 is 35.1 Å². The summed E-state index contributed by atoms with van der Waals surface area (Å²) < 4.78 is 19.2. The number of nitrogens with one attached hydrogen (secondary N) is 2. The number of anilines is 2. The van der Waals surface area contributed by atoms with Gasteiger partial charge in [0.2, 0.25) is 17.7 Å². The van der Waals surface area contributed by atoms with E-state index < -0.39 is 35.6 Å². The number of carbonyl (C=O) groups is 7. The smallest absolute Gasteiger partial charge is 0.262 e. The second kappa shape index (κ2) is 22.4. The van der Waals surface area contributed by atoms with E-state index in [2.05, 4.69) is 20.4 Å². The molecule has 3 aromatic carbocycles. The van der Waals surface area contributed by atoms with Crippen LogP contribution in [0.15, 0.2) is 72.8 Å². The molecule has 3 fully saturated rings. The minimum Gasteiger partial charge on any atom is -0.457 e. The lowest BCUT2D eigenvalue weighted by molar-refractivity contribution is -0.138. The van der Waals surface area contributed by atoms with E-state index in [9.17, 15) is 33.6 Å². The molecule has 0 saturated carbocycles. The van der Waals surface area contributed by atoms with Crippen LogP contribution in [-0.4, -0.2) is 151 Å². The van der Waals surface area contributed by atoms with Crippen molar-refractivity contribution < 1.29 is 47.8 Å². The number of likely N-dealkylation sites (tertiary alicyclic amines) is 1. The van der Waals surface area contributed by atoms with Crippen molar-refractivity contribution in [3.63, 3.8) is 0 Å². The number of piperazine rings is 1. The summed E-state index contributed by atoms with van der Waals surface area (Å²) in [7, 11) is 0. The Morgan fingerprint density at radius 3 is 2.21 bits per heavy atom. The maximum Gasteiger partial charge on any atom is 0.262 e. The van der Waals surface area contributed by atoms with Crippen molar-refractivity contribution >= 4 is 52.7 Å². The monoisotopic (exact) mass is 971 g/mol. The van der Waals surface area contributed by atoms with Gasteiger partial charge in [-0.1, -0.05) is 18.2 Å². The Morgan fingerprint density at radius 1 is 0.746 bits per heavy atom. The van der Waals surface area contributed by atoms with Crippen LogP contribution < -0.4 is 26.0 Å². The van der Waals surface area contributed by atoms with Gasteiger partial charge in [0.05, 0.1) is 30.4 Å². The van der Waals surface area contributed by atoms with Gasteiger partial charge in [-0.2, -0.15) is 5.10 Å². The molecule has 3 saturated heterocycles. The van der Waals surface area contributed by atoms with E-state index in [0.29, 0.717) is 74.9 Å². The molecule has 9 rings (SSSR count). The zero-order valence-electron chi connectivity index (χ0n) is 39.9. The van der Waals surface area contributed by atoms with Crippen LogP contribution in [0, 0.1) is 5.92 Å². The standard InChI is InChI=1S/C52H61N9O10/c53-48(65)46-47(35-10-13-39(14-11-35)71-38-8-2-1-3-9-38)56-61-42(18-21-54-49(46)61)34-19-23-59(24-20-34)45(64)33-70-31-30-69-29-5-7-37(62)6-4-22-57-25-27-58(28-26-57)36-12-15-40-41(32-36)52(68)60(51(40)67)43-16-17-44(63)55-50(43)66/h1-3,8-15,32,34,42-43,54H,4-7,16-31,33H2,(H2,53,65)(H,55,63,66)/t42-,43?/m0/s1. The SMILES string of the molecule is NC(=O)c1c(-c2ccc(Oc3ccccc3)cc2)nn2c1NCC[C@H]2C1CCN(C(=O)COCCOCCCC(=O)CCCN2CCN(c3ccc4c(c3)C(=O)N(C3CCC(=O)NC3=O)C4=O)CC2)CC1. The average molecular weight is 972 g/mol. The van der Waals surface area contributed by atoms with Gasteiger partial charge in [0.25, 0.3) is 17.7 Å². The summed E-state index contributed by atoms with van der Waals surface area (Å²) in [4.78, 5) is 96.2. The first-order valence-corrected chi connectivity index (χ1v) is 24.8. The first-order chi connectivity index (χ1) is 34.5. The maximum absolute atomic E-state index is 13.3. The topological polar surface area (TPSA) is 228 Å². The molecule has 0 spiro atoms. The molecule has 2 atom stereocenters. The minimum atomic E-state index is -0.997. The van der Waals surface area contributed by atoms with E-state index in [1.54, 1.807) is 12.1 Å². The quantitative estimate of drug-likeness (QED) is 0.0824. The second-order valence-corrected chi connectivity index (χ2v) is 18.7. The number of piperidine rings is 2. The Hall–Kier alpha value is -6.96. The van der Waals surface area contributed by atoms with Gasteiger partial charge in [0.1, 0.15) is 47.0 Å². The van der Waals surface area contributed by atoms with E-state index in [1.165, 1.54) is 0 Å². The molecule has 5 aliphatic heterocycles. The zero-order valence-corrected chi connectivity index (χ0v) is 39.9. The Balaban J connectivity index is 0.622. The van der Waals surface area contributed by atoms with Crippen molar-refractivity contribution in [3.05, 3.63) is 89.5 Å². The number of hydrogen-bond donors (Lipinski definition) is 3. The van der Waals surface area contributed by atoms with Gasteiger partial charge in [-0.05, 0) is 106 Å². The van der Waals surface area contributed by atoms with Crippen LogP contribution in [0.2, 0.25) is 0 Å². The van der Waals surface area contributed by atoms with E-state index in [0.717, 1.165) is 80.3 Å². The number of benzene rings is 3. The van der Waals surface area contributed by atoms with Crippen LogP contribution >= 0.6 is 0 Å². The number of primary amides is 1. The third kappa shape index (κ3) is 11.3. The highest BCUT2D eigenvalue weighted by Gasteiger charge is 2.45. The van der Waals surface area contributed by atoms with Crippen LogP contribution in [0.1, 0.15) is 94.9 Å². The highest BCUT2D eigenvalue weighted by Crippen LogP contribution is 2.40. The number of para-hydroxylation sites is 1. The minimum absolute atomic E-state index is 0.0248. The molecule has 6 heterocycles. The Morgan fingerprint density at radius 2 is 1.46 bits per heavy atom. The fraction of sp³-hybridized carbons (Fsp3) is 0.462. The number of aromatic nitrogens is 2. The molecule has 4 aromatic rings. The van der Waals surface area contributed by atoms with Gasteiger partial charge in [-0.25, -0.2) is 4.68 Å². The van der Waals surface area contributed by atoms with Crippen molar-refractivity contribution in [2.75, 3.05) is 89.0 Å². The highest BCUT2D eigenvalue weighted by molar-refractivity contribution is 6.23. The van der Waals surface area contributed by atoms with Crippen molar-refractivity contribution in [2.24, 2.45) is 11.7 Å². The molecule has 1 unspecified atom stereocenters. The van der Waals surface area contributed by atoms with Crippen molar-refractivity contribution in [1.82, 2.24) is 29.8 Å². The van der Waals surface area contributed by atoms with Crippen LogP contribution in [-0.2, 0) is 28.7 Å². The number of fused-ring (bicyclic) bond motifs is 2. The van der Waals surface area contributed by atoms with Crippen LogP contribution in [0.25, 0.3) is 11.3 Å². The van der Waals surface area contributed by atoms with Crippen molar-refractivity contribution in [2.45, 2.75) is 69.9 Å². The summed E-state index contributed by atoms with van der Waals surface area (Å²) in [5.74, 6) is -0.192. The maximum atomic E-state index is 13.3. The number of hydrogen-bond acceptors (Lipinski definition) is 14. The van der Waals surface area contributed by atoms with Gasteiger partial charge in [-0.15, -0.1) is 0 Å². The molecule has 19 heteroatoms. The summed E-state index contributed by atoms with van der Waals surface area (Å²) in [6, 6.07) is 21.2. The molecule has 1 aromatic heterocycles. The van der Waals surface area contributed by atoms with E-state index >= 15 is 0 Å². The molecular formula is C52H61N9O10. The van der Waals surface area contributed by atoms with E-state index in [1.807, 2.05) is 70.2 Å². The molecule has 71 heavy (non-hydrogen) atoms. The van der Waals surface area contributed by atoms with E-state index in [4.69, 9.17) is 25.0 Å². The number of nitrogens with two attached hydrogens (primary N) is 1. The summed E-state index contributed by atoms with van der Waals surface area (Å²) in [5.41, 5.74) is 8.96. The molecule has 6 amide bonds. The molecule has 0 radical (unpaired) electrons. The first kappa shape index (κ1) is 49.0. The number of nitrogens with zero attached hydrogens (tertiary/aromatic N) is 6. The van der Waals surface area contributed by atoms with Crippen LogP contribution in [0.4, 0.5) is 11.5 Å². The normalized spacial score (nSPS) is 19.6. The number of imide groups is 2. The summed E-state index contributed by atoms with van der Waals surface area (Å²) >= 11 is 0. The van der Waals surface area contributed by atoms with Gasteiger partial charge >= 0.3 is 0 Å². The molecule has 0 aliphatic carbocycles. The first-order valence-electron chi connectivity index (χ1n) is 24.8. The van der Waals surface area contributed by atoms with Crippen LogP contribution in [0.3, 0.4) is 0 Å². The summed E-state index contributed by atoms with van der Waals surface area (Å²) in [6.07, 6.45) is 4.93. The largest absolute Gasteiger partial charge is 0.457 e. The lowest BCUT2D eigenvalue weighted by Gasteiger charge is -2.38. The number of Topliss-reactive ketones (excluding diaryl/α,β-unsaturated/α-hetero) is 1. The third-order valence-corrected chi connectivity index (χ3v) is 14.2. The third-order valence-electron chi connectivity index (χ3n) is 14.2. The predicted molar refractivity (Wildman–Crippen MR) is 261 cm³/mol. The Kier molecular flexibility index (Phi) is 15.5. The molecule has 374 valence electrons. The predicted octanol–water partition coefficient (Wildman–Crippen LogP) is 4.42. The lowest BCUT2D eigenvalue weighted by Crippen LogP contribution is -2.54. The Bertz CT molecular complexity index is 2620. The Labute approximate surface area is 411 Å². The molecule has 19 nitrogen and oxygen atoms in total. The zero-order chi connectivity index (χ0) is 49.4. The van der Waals surface area contributed by atoms with Crippen molar-refractivity contribution in [3.8, 4) is 22.8 Å². The molecule has 4 N–H and O–H groups in total.